The Morgan fingerprint density at radius 1 is 1.29 bits per heavy atom. The van der Waals surface area contributed by atoms with Crippen molar-refractivity contribution in [3.05, 3.63) is 5.82 Å². The highest BCUT2D eigenvalue weighted by Gasteiger charge is 2.16. The maximum Gasteiger partial charge on any atom is 0.321 e. The molecule has 2 rings (SSSR count). The molecular formula is C13H21N5O2S. The van der Waals surface area contributed by atoms with Gasteiger partial charge in [0, 0.05) is 19.0 Å². The van der Waals surface area contributed by atoms with E-state index in [0.717, 1.165) is 36.8 Å². The van der Waals surface area contributed by atoms with Gasteiger partial charge in [0.2, 0.25) is 5.91 Å². The maximum atomic E-state index is 11.7. The van der Waals surface area contributed by atoms with Gasteiger partial charge in [0.1, 0.15) is 5.82 Å². The minimum absolute atomic E-state index is 0.00211. The summed E-state index contributed by atoms with van der Waals surface area (Å²) in [5.74, 6) is 0.820. The first-order valence-electron chi connectivity index (χ1n) is 7.21. The molecule has 0 aromatic carbocycles. The van der Waals surface area contributed by atoms with Crippen molar-refractivity contribution in [3.63, 3.8) is 0 Å². The molecule has 21 heavy (non-hydrogen) atoms. The van der Waals surface area contributed by atoms with Gasteiger partial charge in [-0.3, -0.25) is 10.1 Å². The molecule has 1 aromatic rings. The third-order valence-corrected chi connectivity index (χ3v) is 4.05. The fourth-order valence-corrected chi connectivity index (χ4v) is 2.94. The first-order valence-corrected chi connectivity index (χ1v) is 8.20. The number of thioether (sulfide) groups is 1. The largest absolute Gasteiger partial charge is 0.336 e. The number of imide groups is 1. The van der Waals surface area contributed by atoms with Gasteiger partial charge in [0.15, 0.2) is 5.16 Å². The van der Waals surface area contributed by atoms with Crippen molar-refractivity contribution < 1.29 is 9.59 Å². The van der Waals surface area contributed by atoms with Crippen LogP contribution in [0.3, 0.4) is 0 Å². The van der Waals surface area contributed by atoms with Gasteiger partial charge >= 0.3 is 6.03 Å². The van der Waals surface area contributed by atoms with Gasteiger partial charge in [0.25, 0.3) is 0 Å². The number of carbonyl (C=O) groups is 2. The highest BCUT2D eigenvalue weighted by Crippen LogP contribution is 2.21. The molecule has 1 aliphatic heterocycles. The third-order valence-electron chi connectivity index (χ3n) is 3.08. The molecule has 0 fully saturated rings. The molecule has 0 saturated carbocycles. The maximum absolute atomic E-state index is 11.7. The summed E-state index contributed by atoms with van der Waals surface area (Å²) in [4.78, 5) is 23.1. The Kier molecular flexibility index (Phi) is 5.60. The first kappa shape index (κ1) is 15.8. The highest BCUT2D eigenvalue weighted by molar-refractivity contribution is 7.99. The number of hydrogen-bond acceptors (Lipinski definition) is 5. The average molecular weight is 311 g/mol. The lowest BCUT2D eigenvalue weighted by molar-refractivity contribution is -0.117. The van der Waals surface area contributed by atoms with Crippen LogP contribution in [0.25, 0.3) is 0 Å². The SMILES string of the molecule is CC(C)NC(=O)NC(=O)CSc1nnc2n1CCCCC2. The van der Waals surface area contributed by atoms with Crippen LogP contribution in [-0.2, 0) is 17.8 Å². The number of hydrogen-bond donors (Lipinski definition) is 2. The minimum Gasteiger partial charge on any atom is -0.336 e. The van der Waals surface area contributed by atoms with Gasteiger partial charge in [-0.25, -0.2) is 4.79 Å². The van der Waals surface area contributed by atoms with Crippen LogP contribution in [0.1, 0.15) is 38.9 Å². The van der Waals surface area contributed by atoms with Crippen molar-refractivity contribution in [2.75, 3.05) is 5.75 Å². The van der Waals surface area contributed by atoms with Gasteiger partial charge in [-0.2, -0.15) is 0 Å². The molecule has 1 aliphatic rings. The zero-order chi connectivity index (χ0) is 15.2. The van der Waals surface area contributed by atoms with Crippen molar-refractivity contribution in [1.29, 1.82) is 0 Å². The van der Waals surface area contributed by atoms with Gasteiger partial charge in [-0.05, 0) is 26.7 Å². The summed E-state index contributed by atoms with van der Waals surface area (Å²) in [6.07, 6.45) is 4.39. The van der Waals surface area contributed by atoms with Crippen molar-refractivity contribution in [2.24, 2.45) is 0 Å². The Balaban J connectivity index is 1.84. The number of aryl methyl sites for hydroxylation is 1. The van der Waals surface area contributed by atoms with Crippen molar-refractivity contribution in [3.8, 4) is 0 Å². The van der Waals surface area contributed by atoms with E-state index >= 15 is 0 Å². The van der Waals surface area contributed by atoms with Gasteiger partial charge < -0.3 is 9.88 Å². The van der Waals surface area contributed by atoms with Crippen molar-refractivity contribution >= 4 is 23.7 Å². The Morgan fingerprint density at radius 2 is 2.10 bits per heavy atom. The van der Waals surface area contributed by atoms with Crippen LogP contribution < -0.4 is 10.6 Å². The van der Waals surface area contributed by atoms with E-state index in [1.807, 2.05) is 13.8 Å². The highest BCUT2D eigenvalue weighted by atomic mass is 32.2. The summed E-state index contributed by atoms with van der Waals surface area (Å²) in [6.45, 7) is 4.58. The predicted octanol–water partition coefficient (Wildman–Crippen LogP) is 1.33. The molecule has 8 heteroatoms. The lowest BCUT2D eigenvalue weighted by atomic mass is 10.2. The van der Waals surface area contributed by atoms with Gasteiger partial charge in [0.05, 0.1) is 5.75 Å². The van der Waals surface area contributed by atoms with E-state index in [4.69, 9.17) is 0 Å². The molecule has 0 aliphatic carbocycles. The van der Waals surface area contributed by atoms with Crippen LogP contribution in [0.15, 0.2) is 5.16 Å². The van der Waals surface area contributed by atoms with E-state index in [2.05, 4.69) is 25.4 Å². The number of nitrogens with one attached hydrogen (secondary N) is 2. The molecule has 1 aromatic heterocycles. The van der Waals surface area contributed by atoms with E-state index in [0.29, 0.717) is 0 Å². The Labute approximate surface area is 128 Å². The van der Waals surface area contributed by atoms with E-state index in [-0.39, 0.29) is 17.7 Å². The number of fused-ring (bicyclic) bond motifs is 1. The number of amides is 3. The summed E-state index contributed by atoms with van der Waals surface area (Å²) in [5, 5.41) is 14.0. The second-order valence-corrected chi connectivity index (χ2v) is 6.27. The number of urea groups is 1. The standard InChI is InChI=1S/C13H21N5O2S/c1-9(2)14-12(20)15-11(19)8-21-13-17-16-10-6-4-3-5-7-18(10)13/h9H,3-8H2,1-2H3,(H2,14,15,19,20). The van der Waals surface area contributed by atoms with Crippen LogP contribution in [0.4, 0.5) is 4.79 Å². The predicted molar refractivity (Wildman–Crippen MR) is 80.1 cm³/mol. The summed E-state index contributed by atoms with van der Waals surface area (Å²) in [6, 6.07) is -0.464. The van der Waals surface area contributed by atoms with Crippen molar-refractivity contribution in [2.45, 2.75) is 57.3 Å². The quantitative estimate of drug-likeness (QED) is 0.819. The molecule has 7 nitrogen and oxygen atoms in total. The second kappa shape index (κ2) is 7.44. The average Bonchev–Trinajstić information content (AvgIpc) is 2.63. The number of aromatic nitrogens is 3. The zero-order valence-electron chi connectivity index (χ0n) is 12.4. The van der Waals surface area contributed by atoms with Crippen molar-refractivity contribution in [1.82, 2.24) is 25.4 Å². The molecule has 0 atom stereocenters. The fourth-order valence-electron chi connectivity index (χ4n) is 2.16. The normalized spacial score (nSPS) is 14.4. The van der Waals surface area contributed by atoms with Crippen LogP contribution >= 0.6 is 11.8 Å². The zero-order valence-corrected chi connectivity index (χ0v) is 13.2. The molecule has 2 N–H and O–H groups in total. The topological polar surface area (TPSA) is 88.9 Å². The molecule has 0 saturated heterocycles. The molecule has 0 unspecified atom stereocenters. The summed E-state index contributed by atoms with van der Waals surface area (Å²) < 4.78 is 2.08. The number of nitrogens with zero attached hydrogens (tertiary/aromatic N) is 3. The summed E-state index contributed by atoms with van der Waals surface area (Å²) in [5.41, 5.74) is 0. The number of carbonyl (C=O) groups excluding carboxylic acids is 2. The Morgan fingerprint density at radius 3 is 2.86 bits per heavy atom. The Bertz CT molecular complexity index is 515. The molecule has 0 spiro atoms. The van der Waals surface area contributed by atoms with E-state index < -0.39 is 6.03 Å². The molecule has 3 amide bonds. The lowest BCUT2D eigenvalue weighted by Gasteiger charge is -2.09. The van der Waals surface area contributed by atoms with Crippen LogP contribution in [-0.4, -0.2) is 38.5 Å². The summed E-state index contributed by atoms with van der Waals surface area (Å²) in [7, 11) is 0. The van der Waals surface area contributed by atoms with Gasteiger partial charge in [-0.15, -0.1) is 10.2 Å². The Hall–Kier alpha value is -1.57. The van der Waals surface area contributed by atoms with Crippen LogP contribution in [0, 0.1) is 0 Å². The minimum atomic E-state index is -0.462. The smallest absolute Gasteiger partial charge is 0.321 e. The molecule has 116 valence electrons. The fraction of sp³-hybridized carbons (Fsp3) is 0.692. The van der Waals surface area contributed by atoms with E-state index in [1.165, 1.54) is 18.2 Å². The molecule has 0 bridgehead atoms. The monoisotopic (exact) mass is 311 g/mol. The first-order chi connectivity index (χ1) is 10.1. The third kappa shape index (κ3) is 4.73. The molecular weight excluding hydrogens is 290 g/mol. The van der Waals surface area contributed by atoms with E-state index in [1.54, 1.807) is 0 Å². The van der Waals surface area contributed by atoms with E-state index in [9.17, 15) is 9.59 Å². The van der Waals surface area contributed by atoms with Crippen LogP contribution in [0.5, 0.6) is 0 Å². The molecule has 0 radical (unpaired) electrons. The molecule has 2 heterocycles. The van der Waals surface area contributed by atoms with Gasteiger partial charge in [-0.1, -0.05) is 18.2 Å². The number of rotatable bonds is 4. The van der Waals surface area contributed by atoms with Crippen LogP contribution in [0.2, 0.25) is 0 Å². The summed E-state index contributed by atoms with van der Waals surface area (Å²) >= 11 is 1.32. The second-order valence-electron chi connectivity index (χ2n) is 5.33. The lowest BCUT2D eigenvalue weighted by Crippen LogP contribution is -2.43.